The molecule has 0 bridgehead atoms. The van der Waals surface area contributed by atoms with Crippen LogP contribution in [0, 0.1) is 6.92 Å². The summed E-state index contributed by atoms with van der Waals surface area (Å²) < 4.78 is 36.3. The summed E-state index contributed by atoms with van der Waals surface area (Å²) in [5, 5.41) is 0. The Kier molecular flexibility index (Phi) is 4.58. The summed E-state index contributed by atoms with van der Waals surface area (Å²) in [6.45, 7) is 2.80. The molecule has 0 spiro atoms. The van der Waals surface area contributed by atoms with Crippen molar-refractivity contribution in [1.29, 1.82) is 0 Å². The van der Waals surface area contributed by atoms with Gasteiger partial charge in [-0.25, -0.2) is 9.59 Å². The fourth-order valence-corrected chi connectivity index (χ4v) is 1.54. The molecule has 0 fully saturated rings. The van der Waals surface area contributed by atoms with Crippen LogP contribution in [0.5, 0.6) is 0 Å². The highest BCUT2D eigenvalue weighted by Gasteiger charge is 2.42. The number of hydrogen-bond donors (Lipinski definition) is 0. The molecule has 0 saturated carbocycles. The van der Waals surface area contributed by atoms with Gasteiger partial charge >= 0.3 is 17.9 Å². The number of aryl methyl sites for hydroxylation is 1. The Morgan fingerprint density at radius 2 is 1.95 bits per heavy atom. The van der Waals surface area contributed by atoms with Gasteiger partial charge in [-0.05, 0) is 31.5 Å². The van der Waals surface area contributed by atoms with Crippen LogP contribution < -0.4 is 0 Å². The zero-order valence-corrected chi connectivity index (χ0v) is 10.8. The fourth-order valence-electron chi connectivity index (χ4n) is 1.54. The third kappa shape index (κ3) is 3.07. The minimum absolute atomic E-state index is 0.131. The number of halogens is 2. The molecule has 0 aliphatic rings. The number of methoxy groups -OCH3 is 1. The van der Waals surface area contributed by atoms with Gasteiger partial charge in [0.15, 0.2) is 0 Å². The second-order valence-electron chi connectivity index (χ2n) is 3.82. The third-order valence-corrected chi connectivity index (χ3v) is 2.53. The average Bonchev–Trinajstić information content (AvgIpc) is 2.37. The van der Waals surface area contributed by atoms with Gasteiger partial charge in [0.25, 0.3) is 0 Å². The largest absolute Gasteiger partial charge is 0.465 e. The Bertz CT molecular complexity index is 497. The van der Waals surface area contributed by atoms with Gasteiger partial charge in [-0.2, -0.15) is 8.78 Å². The number of ether oxygens (including phenoxy) is 2. The summed E-state index contributed by atoms with van der Waals surface area (Å²) >= 11 is 0. The molecule has 1 rings (SSSR count). The minimum Gasteiger partial charge on any atom is -0.465 e. The van der Waals surface area contributed by atoms with E-state index in [9.17, 15) is 18.4 Å². The predicted molar refractivity (Wildman–Crippen MR) is 63.0 cm³/mol. The van der Waals surface area contributed by atoms with Crippen molar-refractivity contribution in [2.75, 3.05) is 13.7 Å². The molecule has 0 aromatic heterocycles. The fraction of sp³-hybridized carbons (Fsp3) is 0.385. The maximum Gasteiger partial charge on any atom is 0.381 e. The number of alkyl halides is 2. The zero-order valence-electron chi connectivity index (χ0n) is 10.8. The maximum atomic E-state index is 13.7. The number of benzene rings is 1. The highest BCUT2D eigenvalue weighted by molar-refractivity contribution is 5.91. The van der Waals surface area contributed by atoms with Gasteiger partial charge in [-0.15, -0.1) is 0 Å². The van der Waals surface area contributed by atoms with Gasteiger partial charge in [0.05, 0.1) is 19.3 Å². The normalized spacial score (nSPS) is 11.0. The predicted octanol–water partition coefficient (Wildman–Crippen LogP) is 2.44. The Labute approximate surface area is 109 Å². The van der Waals surface area contributed by atoms with Gasteiger partial charge in [0.1, 0.15) is 0 Å². The lowest BCUT2D eigenvalue weighted by Crippen LogP contribution is -2.28. The Morgan fingerprint density at radius 1 is 1.32 bits per heavy atom. The van der Waals surface area contributed by atoms with Crippen molar-refractivity contribution >= 4 is 11.9 Å². The summed E-state index contributed by atoms with van der Waals surface area (Å²) in [6.07, 6.45) is 0. The van der Waals surface area contributed by atoms with E-state index in [1.165, 1.54) is 27.0 Å². The smallest absolute Gasteiger partial charge is 0.381 e. The molecule has 19 heavy (non-hydrogen) atoms. The van der Waals surface area contributed by atoms with Crippen molar-refractivity contribution in [3.05, 3.63) is 34.9 Å². The molecule has 104 valence electrons. The first-order valence-electron chi connectivity index (χ1n) is 5.59. The Balaban J connectivity index is 3.13. The van der Waals surface area contributed by atoms with Crippen molar-refractivity contribution < 1.29 is 27.8 Å². The molecule has 0 aliphatic carbocycles. The summed E-state index contributed by atoms with van der Waals surface area (Å²) in [6, 6.07) is 3.28. The van der Waals surface area contributed by atoms with E-state index in [1.54, 1.807) is 0 Å². The van der Waals surface area contributed by atoms with E-state index in [0.717, 1.165) is 12.1 Å². The van der Waals surface area contributed by atoms with E-state index in [-0.39, 0.29) is 12.2 Å². The minimum atomic E-state index is -3.74. The molecule has 1 aromatic carbocycles. The van der Waals surface area contributed by atoms with Crippen molar-refractivity contribution in [2.45, 2.75) is 19.8 Å². The monoisotopic (exact) mass is 272 g/mol. The van der Waals surface area contributed by atoms with Gasteiger partial charge in [-0.3, -0.25) is 0 Å². The van der Waals surface area contributed by atoms with Crippen molar-refractivity contribution in [1.82, 2.24) is 0 Å². The van der Waals surface area contributed by atoms with Gasteiger partial charge < -0.3 is 9.47 Å². The molecule has 0 saturated heterocycles. The summed E-state index contributed by atoms with van der Waals surface area (Å²) in [7, 11) is 1.20. The van der Waals surface area contributed by atoms with Crippen LogP contribution in [0.25, 0.3) is 0 Å². The lowest BCUT2D eigenvalue weighted by molar-refractivity contribution is -0.173. The number of rotatable bonds is 4. The van der Waals surface area contributed by atoms with Gasteiger partial charge in [0, 0.05) is 5.56 Å². The first-order valence-corrected chi connectivity index (χ1v) is 5.59. The standard InChI is InChI=1S/C13H14F2O4/c1-4-19-12(17)13(14,15)9-5-6-10(8(2)7-9)11(16)18-3/h5-7H,4H2,1-3H3. The van der Waals surface area contributed by atoms with Crippen LogP contribution >= 0.6 is 0 Å². The number of carbonyl (C=O) groups is 2. The van der Waals surface area contributed by atoms with Crippen LogP contribution in [0.15, 0.2) is 18.2 Å². The Hall–Kier alpha value is -1.98. The van der Waals surface area contributed by atoms with Crippen LogP contribution in [0.4, 0.5) is 8.78 Å². The number of carbonyl (C=O) groups excluding carboxylic acids is 2. The Morgan fingerprint density at radius 3 is 2.42 bits per heavy atom. The quantitative estimate of drug-likeness (QED) is 0.790. The van der Waals surface area contributed by atoms with E-state index in [1.807, 2.05) is 0 Å². The number of esters is 2. The molecule has 6 heteroatoms. The number of hydrogen-bond acceptors (Lipinski definition) is 4. The molecule has 4 nitrogen and oxygen atoms in total. The maximum absolute atomic E-state index is 13.7. The summed E-state index contributed by atoms with van der Waals surface area (Å²) in [4.78, 5) is 22.5. The average molecular weight is 272 g/mol. The van der Waals surface area contributed by atoms with E-state index in [2.05, 4.69) is 9.47 Å². The van der Waals surface area contributed by atoms with Crippen molar-refractivity contribution in [3.63, 3.8) is 0 Å². The molecule has 0 radical (unpaired) electrons. The second-order valence-corrected chi connectivity index (χ2v) is 3.82. The van der Waals surface area contributed by atoms with Crippen molar-refractivity contribution in [2.24, 2.45) is 0 Å². The van der Waals surface area contributed by atoms with Crippen LogP contribution in [0.3, 0.4) is 0 Å². The molecule has 0 aliphatic heterocycles. The van der Waals surface area contributed by atoms with Crippen LogP contribution in [0.2, 0.25) is 0 Å². The SMILES string of the molecule is CCOC(=O)C(F)(F)c1ccc(C(=O)OC)c(C)c1. The van der Waals surface area contributed by atoms with E-state index in [4.69, 9.17) is 0 Å². The van der Waals surface area contributed by atoms with Gasteiger partial charge in [-0.1, -0.05) is 6.07 Å². The van der Waals surface area contributed by atoms with Crippen LogP contribution in [0.1, 0.15) is 28.4 Å². The lowest BCUT2D eigenvalue weighted by atomic mass is 10.0. The summed E-state index contributed by atoms with van der Waals surface area (Å²) in [5.41, 5.74) is -0.0460. The second kappa shape index (κ2) is 5.77. The highest BCUT2D eigenvalue weighted by Crippen LogP contribution is 2.30. The molecule has 0 unspecified atom stereocenters. The molecule has 1 aromatic rings. The molecule has 0 N–H and O–H groups in total. The topological polar surface area (TPSA) is 52.6 Å². The van der Waals surface area contributed by atoms with Crippen molar-refractivity contribution in [3.8, 4) is 0 Å². The van der Waals surface area contributed by atoms with Gasteiger partial charge in [0.2, 0.25) is 0 Å². The van der Waals surface area contributed by atoms with Crippen LogP contribution in [-0.4, -0.2) is 25.7 Å². The lowest BCUT2D eigenvalue weighted by Gasteiger charge is -2.16. The summed E-state index contributed by atoms with van der Waals surface area (Å²) in [5.74, 6) is -5.97. The van der Waals surface area contributed by atoms with E-state index < -0.39 is 23.4 Å². The molecular weight excluding hydrogens is 258 g/mol. The zero-order chi connectivity index (χ0) is 14.6. The van der Waals surface area contributed by atoms with E-state index >= 15 is 0 Å². The molecule has 0 heterocycles. The first-order chi connectivity index (χ1) is 8.84. The highest BCUT2D eigenvalue weighted by atomic mass is 19.3. The molecular formula is C13H14F2O4. The third-order valence-electron chi connectivity index (χ3n) is 2.53. The van der Waals surface area contributed by atoms with Crippen LogP contribution in [-0.2, 0) is 20.2 Å². The first kappa shape index (κ1) is 15.1. The molecule has 0 amide bonds. The molecule has 0 atom stereocenters. The van der Waals surface area contributed by atoms with E-state index in [0.29, 0.717) is 5.56 Å².